The second-order valence-electron chi connectivity index (χ2n) is 4.04. The fourth-order valence-corrected chi connectivity index (χ4v) is 2.27. The lowest BCUT2D eigenvalue weighted by atomic mass is 10.1. The SMILES string of the molecule is COc1ccc(-c2ccc(CBr)c(=O)[nH]2)cc1C. The molecule has 0 bridgehead atoms. The molecule has 94 valence electrons. The van der Waals surface area contributed by atoms with Crippen molar-refractivity contribution in [3.05, 3.63) is 51.8 Å². The number of aromatic amines is 1. The van der Waals surface area contributed by atoms with Crippen LogP contribution in [0.15, 0.2) is 35.1 Å². The van der Waals surface area contributed by atoms with Crippen LogP contribution in [0.1, 0.15) is 11.1 Å². The normalized spacial score (nSPS) is 10.4. The van der Waals surface area contributed by atoms with Crippen LogP contribution in [0, 0.1) is 6.92 Å². The number of hydrogen-bond donors (Lipinski definition) is 1. The molecule has 1 N–H and O–H groups in total. The minimum atomic E-state index is -0.0575. The van der Waals surface area contributed by atoms with Gasteiger partial charge >= 0.3 is 0 Å². The van der Waals surface area contributed by atoms with Gasteiger partial charge in [-0.25, -0.2) is 0 Å². The Bertz CT molecular complexity index is 619. The lowest BCUT2D eigenvalue weighted by Crippen LogP contribution is -2.11. The summed E-state index contributed by atoms with van der Waals surface area (Å²) in [6, 6.07) is 9.59. The molecule has 1 heterocycles. The molecule has 2 rings (SSSR count). The van der Waals surface area contributed by atoms with E-state index >= 15 is 0 Å². The van der Waals surface area contributed by atoms with Gasteiger partial charge in [0, 0.05) is 16.6 Å². The first-order valence-electron chi connectivity index (χ1n) is 5.59. The van der Waals surface area contributed by atoms with Crippen molar-refractivity contribution in [2.45, 2.75) is 12.3 Å². The van der Waals surface area contributed by atoms with E-state index in [-0.39, 0.29) is 5.56 Å². The van der Waals surface area contributed by atoms with Crippen molar-refractivity contribution >= 4 is 15.9 Å². The topological polar surface area (TPSA) is 42.1 Å². The number of halogens is 1. The van der Waals surface area contributed by atoms with E-state index in [1.807, 2.05) is 37.3 Å². The maximum absolute atomic E-state index is 11.7. The van der Waals surface area contributed by atoms with Crippen molar-refractivity contribution < 1.29 is 4.74 Å². The summed E-state index contributed by atoms with van der Waals surface area (Å²) in [6.45, 7) is 1.98. The van der Waals surface area contributed by atoms with Crippen LogP contribution in [0.3, 0.4) is 0 Å². The van der Waals surface area contributed by atoms with E-state index in [1.165, 1.54) is 0 Å². The molecule has 0 amide bonds. The molecular formula is C14H14BrNO2. The maximum atomic E-state index is 11.7. The largest absolute Gasteiger partial charge is 0.496 e. The Morgan fingerprint density at radius 2 is 2.06 bits per heavy atom. The van der Waals surface area contributed by atoms with Gasteiger partial charge < -0.3 is 9.72 Å². The lowest BCUT2D eigenvalue weighted by molar-refractivity contribution is 0.412. The van der Waals surface area contributed by atoms with Crippen LogP contribution in [-0.4, -0.2) is 12.1 Å². The number of benzene rings is 1. The van der Waals surface area contributed by atoms with Crippen LogP contribution in [0.5, 0.6) is 5.75 Å². The quantitative estimate of drug-likeness (QED) is 0.884. The Morgan fingerprint density at radius 3 is 2.61 bits per heavy atom. The van der Waals surface area contributed by atoms with E-state index in [1.54, 1.807) is 7.11 Å². The number of nitrogens with one attached hydrogen (secondary N) is 1. The van der Waals surface area contributed by atoms with Crippen LogP contribution < -0.4 is 10.3 Å². The van der Waals surface area contributed by atoms with E-state index < -0.39 is 0 Å². The van der Waals surface area contributed by atoms with Gasteiger partial charge in [-0.3, -0.25) is 4.79 Å². The van der Waals surface area contributed by atoms with Crippen LogP contribution in [0.2, 0.25) is 0 Å². The molecule has 1 aromatic carbocycles. The van der Waals surface area contributed by atoms with E-state index in [4.69, 9.17) is 4.74 Å². The molecule has 18 heavy (non-hydrogen) atoms. The summed E-state index contributed by atoms with van der Waals surface area (Å²) in [4.78, 5) is 14.6. The van der Waals surface area contributed by atoms with Gasteiger partial charge in [0.1, 0.15) is 5.75 Å². The number of hydrogen-bond acceptors (Lipinski definition) is 2. The van der Waals surface area contributed by atoms with E-state index in [2.05, 4.69) is 20.9 Å². The molecule has 0 atom stereocenters. The number of ether oxygens (including phenoxy) is 1. The maximum Gasteiger partial charge on any atom is 0.252 e. The Morgan fingerprint density at radius 1 is 1.28 bits per heavy atom. The number of pyridine rings is 1. The Kier molecular flexibility index (Phi) is 3.87. The average molecular weight is 308 g/mol. The highest BCUT2D eigenvalue weighted by molar-refractivity contribution is 9.08. The van der Waals surface area contributed by atoms with Gasteiger partial charge in [-0.2, -0.15) is 0 Å². The summed E-state index contributed by atoms with van der Waals surface area (Å²) in [5.74, 6) is 0.846. The lowest BCUT2D eigenvalue weighted by Gasteiger charge is -2.08. The van der Waals surface area contributed by atoms with Gasteiger partial charge in [-0.05, 0) is 42.3 Å². The highest BCUT2D eigenvalue weighted by Crippen LogP contribution is 2.24. The summed E-state index contributed by atoms with van der Waals surface area (Å²) in [7, 11) is 1.65. The molecular weight excluding hydrogens is 294 g/mol. The molecule has 0 aliphatic heterocycles. The highest BCUT2D eigenvalue weighted by atomic mass is 79.9. The predicted octanol–water partition coefficient (Wildman–Crippen LogP) is 3.25. The molecule has 3 nitrogen and oxygen atoms in total. The average Bonchev–Trinajstić information content (AvgIpc) is 2.38. The van der Waals surface area contributed by atoms with Crippen LogP contribution in [0.4, 0.5) is 0 Å². The molecule has 2 aromatic rings. The minimum absolute atomic E-state index is 0.0575. The van der Waals surface area contributed by atoms with E-state index in [9.17, 15) is 4.79 Å². The van der Waals surface area contributed by atoms with Crippen LogP contribution >= 0.6 is 15.9 Å². The number of methoxy groups -OCH3 is 1. The molecule has 0 saturated heterocycles. The Balaban J connectivity index is 2.46. The number of alkyl halides is 1. The van der Waals surface area contributed by atoms with Gasteiger partial charge in [0.25, 0.3) is 5.56 Å². The number of aryl methyl sites for hydroxylation is 1. The zero-order valence-corrected chi connectivity index (χ0v) is 11.9. The molecule has 0 spiro atoms. The predicted molar refractivity (Wildman–Crippen MR) is 76.4 cm³/mol. The standard InChI is InChI=1S/C14H14BrNO2/c1-9-7-10(4-6-13(9)18-2)12-5-3-11(8-15)14(17)16-12/h3-7H,8H2,1-2H3,(H,16,17). The molecule has 1 aromatic heterocycles. The van der Waals surface area contributed by atoms with Crippen molar-refractivity contribution in [3.8, 4) is 17.0 Å². The third-order valence-corrected chi connectivity index (χ3v) is 3.44. The summed E-state index contributed by atoms with van der Waals surface area (Å²) < 4.78 is 5.22. The van der Waals surface area contributed by atoms with Crippen molar-refractivity contribution in [1.29, 1.82) is 0 Å². The second-order valence-corrected chi connectivity index (χ2v) is 4.61. The zero-order valence-electron chi connectivity index (χ0n) is 10.3. The summed E-state index contributed by atoms with van der Waals surface area (Å²) >= 11 is 3.28. The molecule has 4 heteroatoms. The molecule has 0 aliphatic rings. The molecule has 0 fully saturated rings. The molecule has 0 unspecified atom stereocenters. The van der Waals surface area contributed by atoms with Crippen LogP contribution in [0.25, 0.3) is 11.3 Å². The monoisotopic (exact) mass is 307 g/mol. The second kappa shape index (κ2) is 5.40. The highest BCUT2D eigenvalue weighted by Gasteiger charge is 2.04. The number of aromatic nitrogens is 1. The van der Waals surface area contributed by atoms with Gasteiger partial charge in [-0.15, -0.1) is 0 Å². The third kappa shape index (κ3) is 2.48. The molecule has 0 radical (unpaired) electrons. The fourth-order valence-electron chi connectivity index (χ4n) is 1.82. The van der Waals surface area contributed by atoms with E-state index in [0.717, 1.165) is 28.1 Å². The molecule has 0 saturated carbocycles. The van der Waals surface area contributed by atoms with Gasteiger partial charge in [0.15, 0.2) is 0 Å². The Labute approximate surface area is 114 Å². The van der Waals surface area contributed by atoms with Gasteiger partial charge in [0.2, 0.25) is 0 Å². The summed E-state index contributed by atoms with van der Waals surface area (Å²) in [6.07, 6.45) is 0. The first-order chi connectivity index (χ1) is 8.65. The minimum Gasteiger partial charge on any atom is -0.496 e. The third-order valence-electron chi connectivity index (χ3n) is 2.84. The van der Waals surface area contributed by atoms with Crippen molar-refractivity contribution in [2.24, 2.45) is 0 Å². The Hall–Kier alpha value is -1.55. The summed E-state index contributed by atoms with van der Waals surface area (Å²) in [5.41, 5.74) is 3.50. The van der Waals surface area contributed by atoms with Crippen molar-refractivity contribution in [1.82, 2.24) is 4.98 Å². The van der Waals surface area contributed by atoms with E-state index in [0.29, 0.717) is 5.33 Å². The number of rotatable bonds is 3. The fraction of sp³-hybridized carbons (Fsp3) is 0.214. The number of H-pyrrole nitrogens is 1. The smallest absolute Gasteiger partial charge is 0.252 e. The first-order valence-corrected chi connectivity index (χ1v) is 6.71. The van der Waals surface area contributed by atoms with Crippen LogP contribution in [-0.2, 0) is 5.33 Å². The summed E-state index contributed by atoms with van der Waals surface area (Å²) in [5, 5.41) is 0.560. The molecule has 0 aliphatic carbocycles. The van der Waals surface area contributed by atoms with Gasteiger partial charge in [0.05, 0.1) is 7.11 Å². The van der Waals surface area contributed by atoms with Gasteiger partial charge in [-0.1, -0.05) is 22.0 Å². The van der Waals surface area contributed by atoms with Crippen molar-refractivity contribution in [3.63, 3.8) is 0 Å². The zero-order chi connectivity index (χ0) is 13.1. The first kappa shape index (κ1) is 12.9. The van der Waals surface area contributed by atoms with Crippen molar-refractivity contribution in [2.75, 3.05) is 7.11 Å².